The first-order chi connectivity index (χ1) is 9.28. The van der Waals surface area contributed by atoms with Crippen molar-refractivity contribution < 1.29 is 14.6 Å². The predicted molar refractivity (Wildman–Crippen MR) is 75.5 cm³/mol. The third-order valence-corrected chi connectivity index (χ3v) is 3.70. The van der Waals surface area contributed by atoms with Gasteiger partial charge in [-0.3, -0.25) is 0 Å². The first-order valence-corrected chi connectivity index (χ1v) is 7.20. The highest BCUT2D eigenvalue weighted by Crippen LogP contribution is 2.20. The van der Waals surface area contributed by atoms with Gasteiger partial charge in [0.25, 0.3) is 0 Å². The Bertz CT molecular complexity index is 372. The molecule has 2 rings (SSSR count). The van der Waals surface area contributed by atoms with E-state index in [2.05, 4.69) is 0 Å². The summed E-state index contributed by atoms with van der Waals surface area (Å²) in [6, 6.07) is 7.90. The van der Waals surface area contributed by atoms with E-state index < -0.39 is 0 Å². The number of benzene rings is 1. The van der Waals surface area contributed by atoms with Crippen molar-refractivity contribution in [3.05, 3.63) is 29.8 Å². The van der Waals surface area contributed by atoms with Crippen LogP contribution in [0, 0.1) is 0 Å². The van der Waals surface area contributed by atoms with Gasteiger partial charge in [0.1, 0.15) is 5.75 Å². The number of methoxy groups -OCH3 is 1. The molecule has 2 unspecified atom stereocenters. The van der Waals surface area contributed by atoms with Gasteiger partial charge in [0.2, 0.25) is 0 Å². The highest BCUT2D eigenvalue weighted by Gasteiger charge is 2.15. The molecule has 0 aliphatic carbocycles. The Kier molecular flexibility index (Phi) is 5.67. The van der Waals surface area contributed by atoms with Crippen LogP contribution in [0.4, 0.5) is 0 Å². The van der Waals surface area contributed by atoms with Gasteiger partial charge in [0.05, 0.1) is 19.3 Å². The molecule has 0 bridgehead atoms. The lowest BCUT2D eigenvalue weighted by Gasteiger charge is -2.23. The summed E-state index contributed by atoms with van der Waals surface area (Å²) >= 11 is 0. The molecule has 1 aromatic rings. The Morgan fingerprint density at radius 1 is 1.42 bits per heavy atom. The highest BCUT2D eigenvalue weighted by atomic mass is 16.5. The van der Waals surface area contributed by atoms with Gasteiger partial charge in [0, 0.05) is 6.61 Å². The molecule has 3 heteroatoms. The minimum Gasteiger partial charge on any atom is -0.497 e. The third-order valence-electron chi connectivity index (χ3n) is 3.70. The van der Waals surface area contributed by atoms with Crippen LogP contribution in [0.2, 0.25) is 0 Å². The molecule has 0 aromatic heterocycles. The van der Waals surface area contributed by atoms with Gasteiger partial charge in [-0.1, -0.05) is 12.1 Å². The van der Waals surface area contributed by atoms with Crippen molar-refractivity contribution in [1.82, 2.24) is 0 Å². The Hall–Kier alpha value is -1.06. The van der Waals surface area contributed by atoms with Crippen LogP contribution in [-0.4, -0.2) is 31.0 Å². The van der Waals surface area contributed by atoms with Gasteiger partial charge < -0.3 is 14.6 Å². The summed E-state index contributed by atoms with van der Waals surface area (Å²) in [5.74, 6) is 0.848. The van der Waals surface area contributed by atoms with Crippen LogP contribution in [-0.2, 0) is 11.2 Å². The van der Waals surface area contributed by atoms with E-state index in [4.69, 9.17) is 9.47 Å². The second-order valence-corrected chi connectivity index (χ2v) is 5.28. The Labute approximate surface area is 115 Å². The van der Waals surface area contributed by atoms with Crippen molar-refractivity contribution in [2.75, 3.05) is 13.7 Å². The normalized spacial score (nSPS) is 21.1. The molecule has 1 saturated heterocycles. The summed E-state index contributed by atoms with van der Waals surface area (Å²) in [7, 11) is 1.66. The highest BCUT2D eigenvalue weighted by molar-refractivity contribution is 5.28. The van der Waals surface area contributed by atoms with Crippen molar-refractivity contribution in [1.29, 1.82) is 0 Å². The monoisotopic (exact) mass is 264 g/mol. The third kappa shape index (κ3) is 4.84. The number of hydrogen-bond acceptors (Lipinski definition) is 3. The van der Waals surface area contributed by atoms with E-state index in [-0.39, 0.29) is 6.10 Å². The van der Waals surface area contributed by atoms with Crippen molar-refractivity contribution in [2.45, 2.75) is 50.7 Å². The summed E-state index contributed by atoms with van der Waals surface area (Å²) < 4.78 is 10.9. The topological polar surface area (TPSA) is 38.7 Å². The van der Waals surface area contributed by atoms with Gasteiger partial charge in [-0.15, -0.1) is 0 Å². The van der Waals surface area contributed by atoms with E-state index in [1.54, 1.807) is 7.11 Å². The Balaban J connectivity index is 1.75. The lowest BCUT2D eigenvalue weighted by molar-refractivity contribution is 0.00234. The molecule has 1 N–H and O–H groups in total. The maximum absolute atomic E-state index is 10.1. The number of aliphatic hydroxyl groups excluding tert-OH is 1. The molecule has 0 radical (unpaired) electrons. The summed E-state index contributed by atoms with van der Waals surface area (Å²) in [6.07, 6.45) is 6.11. The molecule has 1 aliphatic rings. The second-order valence-electron chi connectivity index (χ2n) is 5.28. The fraction of sp³-hybridized carbons (Fsp3) is 0.625. The fourth-order valence-electron chi connectivity index (χ4n) is 2.59. The molecule has 0 spiro atoms. The average molecular weight is 264 g/mol. The minimum absolute atomic E-state index is 0.294. The minimum atomic E-state index is -0.294. The molecule has 1 aromatic carbocycles. The van der Waals surface area contributed by atoms with Gasteiger partial charge >= 0.3 is 0 Å². The summed E-state index contributed by atoms with van der Waals surface area (Å²) in [4.78, 5) is 0. The Morgan fingerprint density at radius 3 is 3.05 bits per heavy atom. The van der Waals surface area contributed by atoms with Crippen LogP contribution in [0.3, 0.4) is 0 Å². The van der Waals surface area contributed by atoms with E-state index in [1.165, 1.54) is 12.8 Å². The molecular formula is C16H24O3. The maximum atomic E-state index is 10.1. The van der Waals surface area contributed by atoms with Crippen LogP contribution in [0.25, 0.3) is 0 Å². The maximum Gasteiger partial charge on any atom is 0.119 e. The van der Waals surface area contributed by atoms with E-state index in [0.29, 0.717) is 12.5 Å². The van der Waals surface area contributed by atoms with Crippen molar-refractivity contribution >= 4 is 0 Å². The number of hydrogen-bond donors (Lipinski definition) is 1. The van der Waals surface area contributed by atoms with E-state index in [1.807, 2.05) is 24.3 Å². The SMILES string of the molecule is COc1cccc(CC(O)CCC2CCCCO2)c1. The van der Waals surface area contributed by atoms with Gasteiger partial charge in [-0.2, -0.15) is 0 Å². The zero-order valence-electron chi connectivity index (χ0n) is 11.7. The molecule has 3 nitrogen and oxygen atoms in total. The first-order valence-electron chi connectivity index (χ1n) is 7.20. The average Bonchev–Trinajstić information content (AvgIpc) is 2.46. The van der Waals surface area contributed by atoms with Crippen molar-refractivity contribution in [2.24, 2.45) is 0 Å². The standard InChI is InChI=1S/C16H24O3/c1-18-16-7-4-5-13(12-16)11-14(17)8-9-15-6-2-3-10-19-15/h4-5,7,12,14-15,17H,2-3,6,8-11H2,1H3. The number of rotatable bonds is 6. The molecule has 0 saturated carbocycles. The van der Waals surface area contributed by atoms with Gasteiger partial charge in [-0.05, 0) is 56.2 Å². The van der Waals surface area contributed by atoms with E-state index in [9.17, 15) is 5.11 Å². The Morgan fingerprint density at radius 2 is 2.32 bits per heavy atom. The van der Waals surface area contributed by atoms with Gasteiger partial charge in [0.15, 0.2) is 0 Å². The molecule has 1 fully saturated rings. The number of ether oxygens (including phenoxy) is 2. The fourth-order valence-corrected chi connectivity index (χ4v) is 2.59. The zero-order chi connectivity index (χ0) is 13.5. The molecule has 106 valence electrons. The van der Waals surface area contributed by atoms with Crippen LogP contribution < -0.4 is 4.74 Å². The second kappa shape index (κ2) is 7.51. The molecule has 2 atom stereocenters. The molecular weight excluding hydrogens is 240 g/mol. The summed E-state index contributed by atoms with van der Waals surface area (Å²) in [6.45, 7) is 0.886. The van der Waals surface area contributed by atoms with Crippen molar-refractivity contribution in [3.8, 4) is 5.75 Å². The van der Waals surface area contributed by atoms with Crippen LogP contribution in [0.5, 0.6) is 5.75 Å². The van der Waals surface area contributed by atoms with Crippen LogP contribution in [0.15, 0.2) is 24.3 Å². The van der Waals surface area contributed by atoms with Crippen LogP contribution >= 0.6 is 0 Å². The lowest BCUT2D eigenvalue weighted by atomic mass is 9.99. The van der Waals surface area contributed by atoms with E-state index in [0.717, 1.165) is 37.2 Å². The predicted octanol–water partition coefficient (Wildman–Crippen LogP) is 2.95. The number of aliphatic hydroxyl groups is 1. The summed E-state index contributed by atoms with van der Waals surface area (Å²) in [5, 5.41) is 10.1. The molecule has 1 aliphatic heterocycles. The van der Waals surface area contributed by atoms with E-state index >= 15 is 0 Å². The van der Waals surface area contributed by atoms with Gasteiger partial charge in [-0.25, -0.2) is 0 Å². The smallest absolute Gasteiger partial charge is 0.119 e. The first kappa shape index (κ1) is 14.4. The molecule has 0 amide bonds. The quantitative estimate of drug-likeness (QED) is 0.858. The molecule has 19 heavy (non-hydrogen) atoms. The molecule has 1 heterocycles. The summed E-state index contributed by atoms with van der Waals surface area (Å²) in [5.41, 5.74) is 1.12. The zero-order valence-corrected chi connectivity index (χ0v) is 11.7. The van der Waals surface area contributed by atoms with Crippen LogP contribution in [0.1, 0.15) is 37.7 Å². The van der Waals surface area contributed by atoms with Crippen molar-refractivity contribution in [3.63, 3.8) is 0 Å². The largest absolute Gasteiger partial charge is 0.497 e. The lowest BCUT2D eigenvalue weighted by Crippen LogP contribution is -2.21.